The zero-order valence-electron chi connectivity index (χ0n) is 17.6. The first-order chi connectivity index (χ1) is 15.0. The van der Waals surface area contributed by atoms with E-state index in [0.717, 1.165) is 18.4 Å². The van der Waals surface area contributed by atoms with Crippen LogP contribution in [0.3, 0.4) is 0 Å². The van der Waals surface area contributed by atoms with Crippen molar-refractivity contribution in [3.8, 4) is 0 Å². The van der Waals surface area contributed by atoms with Crippen molar-refractivity contribution in [2.75, 3.05) is 6.54 Å². The van der Waals surface area contributed by atoms with Crippen LogP contribution in [0.2, 0.25) is 0 Å². The van der Waals surface area contributed by atoms with Crippen LogP contribution in [0.5, 0.6) is 0 Å². The summed E-state index contributed by atoms with van der Waals surface area (Å²) < 4.78 is 5.13. The Bertz CT molecular complexity index is 841. The number of nitrogens with one attached hydrogen (secondary N) is 2. The molecule has 1 aliphatic heterocycles. The van der Waals surface area contributed by atoms with Crippen molar-refractivity contribution in [1.82, 2.24) is 10.6 Å². The van der Waals surface area contributed by atoms with Crippen LogP contribution in [-0.4, -0.2) is 35.5 Å². The third-order valence-corrected chi connectivity index (χ3v) is 5.68. The van der Waals surface area contributed by atoms with Crippen LogP contribution in [-0.2, 0) is 20.9 Å². The van der Waals surface area contributed by atoms with E-state index >= 15 is 0 Å². The molecule has 1 aromatic rings. The van der Waals surface area contributed by atoms with Gasteiger partial charge in [0.1, 0.15) is 17.9 Å². The van der Waals surface area contributed by atoms with Crippen molar-refractivity contribution in [2.24, 2.45) is 5.92 Å². The molecule has 31 heavy (non-hydrogen) atoms. The fourth-order valence-corrected chi connectivity index (χ4v) is 3.94. The van der Waals surface area contributed by atoms with Crippen LogP contribution in [0.1, 0.15) is 50.5 Å². The van der Waals surface area contributed by atoms with Gasteiger partial charge < -0.3 is 20.5 Å². The monoisotopic (exact) mass is 426 g/mol. The summed E-state index contributed by atoms with van der Waals surface area (Å²) in [5, 5.41) is 15.5. The normalized spacial score (nSPS) is 21.2. The minimum atomic E-state index is -0.685. The first-order valence-electron chi connectivity index (χ1n) is 11.0. The molecule has 0 bridgehead atoms. The standard InChI is InChI=1S/C24H30N2O5/c27-20(14-13-17-8-3-1-4-9-17)21-22(28)19(26-23(21)29)12-7-15-25-24(30)31-16-18-10-5-2-6-11-18/h2,5-6,10-11,13-14,17,19,27H,1,3-4,7-9,12,15-16H2,(H,25,30)(H,26,29)/b14-13?,21-20-. The number of ketones is 1. The summed E-state index contributed by atoms with van der Waals surface area (Å²) in [6.07, 6.45) is 9.44. The summed E-state index contributed by atoms with van der Waals surface area (Å²) >= 11 is 0. The van der Waals surface area contributed by atoms with Gasteiger partial charge in [-0.3, -0.25) is 9.59 Å². The molecule has 1 saturated heterocycles. The maximum Gasteiger partial charge on any atom is 0.407 e. The Kier molecular flexibility index (Phi) is 8.27. The van der Waals surface area contributed by atoms with Crippen LogP contribution in [0.15, 0.2) is 53.8 Å². The highest BCUT2D eigenvalue weighted by molar-refractivity contribution is 6.27. The molecule has 7 nitrogen and oxygen atoms in total. The van der Waals surface area contributed by atoms with Crippen molar-refractivity contribution in [3.05, 3.63) is 59.4 Å². The van der Waals surface area contributed by atoms with Crippen LogP contribution >= 0.6 is 0 Å². The summed E-state index contributed by atoms with van der Waals surface area (Å²) in [5.74, 6) is -0.823. The fourth-order valence-electron chi connectivity index (χ4n) is 3.94. The lowest BCUT2D eigenvalue weighted by Crippen LogP contribution is -2.31. The highest BCUT2D eigenvalue weighted by Gasteiger charge is 2.37. The number of carbonyl (C=O) groups is 3. The first kappa shape index (κ1) is 22.6. The van der Waals surface area contributed by atoms with Crippen LogP contribution in [0.25, 0.3) is 0 Å². The fraction of sp³-hybridized carbons (Fsp3) is 0.458. The zero-order chi connectivity index (χ0) is 22.1. The number of amides is 2. The van der Waals surface area contributed by atoms with E-state index in [-0.39, 0.29) is 17.9 Å². The molecule has 1 heterocycles. The molecule has 2 fully saturated rings. The number of carbonyl (C=O) groups excluding carboxylic acids is 3. The smallest absolute Gasteiger partial charge is 0.407 e. The molecule has 2 aliphatic rings. The molecule has 7 heteroatoms. The van der Waals surface area contributed by atoms with Gasteiger partial charge in [0.05, 0.1) is 6.04 Å². The Labute approximate surface area is 182 Å². The van der Waals surface area contributed by atoms with Crippen molar-refractivity contribution in [3.63, 3.8) is 0 Å². The number of allylic oxidation sites excluding steroid dienone is 2. The Morgan fingerprint density at radius 2 is 1.90 bits per heavy atom. The number of Topliss-reactive ketones (excluding diaryl/α,β-unsaturated/α-hetero) is 1. The van der Waals surface area contributed by atoms with Gasteiger partial charge in [-0.05, 0) is 43.2 Å². The third kappa shape index (κ3) is 6.70. The van der Waals surface area contributed by atoms with E-state index in [2.05, 4.69) is 10.6 Å². The van der Waals surface area contributed by atoms with Crippen LogP contribution in [0.4, 0.5) is 4.79 Å². The number of hydrogen-bond donors (Lipinski definition) is 3. The van der Waals surface area contributed by atoms with Gasteiger partial charge in [-0.25, -0.2) is 4.79 Å². The quantitative estimate of drug-likeness (QED) is 0.254. The second kappa shape index (κ2) is 11.3. The Morgan fingerprint density at radius 3 is 2.65 bits per heavy atom. The number of aliphatic hydroxyl groups is 1. The van der Waals surface area contributed by atoms with E-state index in [1.807, 2.05) is 36.4 Å². The molecule has 0 aromatic heterocycles. The minimum Gasteiger partial charge on any atom is -0.507 e. The van der Waals surface area contributed by atoms with Gasteiger partial charge in [-0.15, -0.1) is 0 Å². The highest BCUT2D eigenvalue weighted by Crippen LogP contribution is 2.25. The average molecular weight is 427 g/mol. The number of benzene rings is 1. The number of rotatable bonds is 8. The zero-order valence-corrected chi connectivity index (χ0v) is 17.6. The Hall–Kier alpha value is -3.09. The van der Waals surface area contributed by atoms with Crippen molar-refractivity contribution in [2.45, 2.75) is 57.6 Å². The topological polar surface area (TPSA) is 105 Å². The number of alkyl carbamates (subject to hydrolysis) is 1. The summed E-state index contributed by atoms with van der Waals surface area (Å²) in [6, 6.07) is 8.68. The van der Waals surface area contributed by atoms with Crippen LogP contribution < -0.4 is 10.6 Å². The predicted molar refractivity (Wildman–Crippen MR) is 116 cm³/mol. The molecule has 0 spiro atoms. The van der Waals surface area contributed by atoms with E-state index in [9.17, 15) is 19.5 Å². The second-order valence-electron chi connectivity index (χ2n) is 8.04. The lowest BCUT2D eigenvalue weighted by molar-refractivity contribution is -0.117. The van der Waals surface area contributed by atoms with E-state index in [1.54, 1.807) is 0 Å². The number of ether oxygens (including phenoxy) is 1. The van der Waals surface area contributed by atoms with E-state index in [1.165, 1.54) is 25.3 Å². The van der Waals surface area contributed by atoms with Crippen LogP contribution in [0, 0.1) is 5.92 Å². The first-order valence-corrected chi connectivity index (χ1v) is 11.0. The van der Waals surface area contributed by atoms with Crippen molar-refractivity contribution < 1.29 is 24.2 Å². The Morgan fingerprint density at radius 1 is 1.16 bits per heavy atom. The lowest BCUT2D eigenvalue weighted by atomic mass is 9.89. The maximum absolute atomic E-state index is 12.5. The molecule has 1 aliphatic carbocycles. The number of hydrogen-bond acceptors (Lipinski definition) is 5. The molecule has 1 atom stereocenters. The molecule has 1 unspecified atom stereocenters. The van der Waals surface area contributed by atoms with Crippen molar-refractivity contribution >= 4 is 17.8 Å². The van der Waals surface area contributed by atoms with Gasteiger partial charge in [0, 0.05) is 6.54 Å². The molecule has 1 aromatic carbocycles. The van der Waals surface area contributed by atoms with E-state index < -0.39 is 23.8 Å². The number of aliphatic hydroxyl groups excluding tert-OH is 1. The molecule has 2 amide bonds. The van der Waals surface area contributed by atoms with Crippen molar-refractivity contribution in [1.29, 1.82) is 0 Å². The molecule has 3 rings (SSSR count). The molecule has 1 saturated carbocycles. The molecule has 3 N–H and O–H groups in total. The minimum absolute atomic E-state index is 0.174. The predicted octanol–water partition coefficient (Wildman–Crippen LogP) is 3.71. The summed E-state index contributed by atoms with van der Waals surface area (Å²) in [6.45, 7) is 0.505. The largest absolute Gasteiger partial charge is 0.507 e. The summed E-state index contributed by atoms with van der Waals surface area (Å²) in [7, 11) is 0. The van der Waals surface area contributed by atoms with Gasteiger partial charge in [-0.1, -0.05) is 55.7 Å². The van der Waals surface area contributed by atoms with Gasteiger partial charge >= 0.3 is 6.09 Å². The third-order valence-electron chi connectivity index (χ3n) is 5.68. The van der Waals surface area contributed by atoms with E-state index in [0.29, 0.717) is 25.3 Å². The average Bonchev–Trinajstić information content (AvgIpc) is 3.08. The molecule has 0 radical (unpaired) electrons. The second-order valence-corrected chi connectivity index (χ2v) is 8.04. The van der Waals surface area contributed by atoms with Gasteiger partial charge in [0.15, 0.2) is 5.78 Å². The molecular formula is C24H30N2O5. The molecular weight excluding hydrogens is 396 g/mol. The van der Waals surface area contributed by atoms with Gasteiger partial charge in [0.25, 0.3) is 5.91 Å². The highest BCUT2D eigenvalue weighted by atomic mass is 16.5. The summed E-state index contributed by atoms with van der Waals surface area (Å²) in [4.78, 5) is 36.5. The van der Waals surface area contributed by atoms with E-state index in [4.69, 9.17) is 4.74 Å². The van der Waals surface area contributed by atoms with Gasteiger partial charge in [-0.2, -0.15) is 0 Å². The maximum atomic E-state index is 12.5. The van der Waals surface area contributed by atoms with Gasteiger partial charge in [0.2, 0.25) is 0 Å². The molecule has 166 valence electrons. The lowest BCUT2D eigenvalue weighted by Gasteiger charge is -2.17. The SMILES string of the molecule is O=C(NCCCC1NC(=O)/C(=C(\O)C=CC2CCCCC2)C1=O)OCc1ccccc1. The Balaban J connectivity index is 1.41. The summed E-state index contributed by atoms with van der Waals surface area (Å²) in [5.41, 5.74) is 0.723.